The summed E-state index contributed by atoms with van der Waals surface area (Å²) in [6.45, 7) is 4.93. The van der Waals surface area contributed by atoms with Gasteiger partial charge in [0.15, 0.2) is 0 Å². The highest BCUT2D eigenvalue weighted by Crippen LogP contribution is 2.18. The molecule has 0 bridgehead atoms. The number of aliphatic carboxylic acids is 1. The fourth-order valence-corrected chi connectivity index (χ4v) is 1.98. The lowest BCUT2D eigenvalue weighted by molar-refractivity contribution is -0.147. The summed E-state index contributed by atoms with van der Waals surface area (Å²) in [5, 5.41) is 13.4. The van der Waals surface area contributed by atoms with Gasteiger partial charge in [-0.15, -0.1) is 0 Å². The van der Waals surface area contributed by atoms with Gasteiger partial charge in [0.25, 0.3) is 5.91 Å². The summed E-state index contributed by atoms with van der Waals surface area (Å²) in [6, 6.07) is 8.81. The molecule has 6 nitrogen and oxygen atoms in total. The van der Waals surface area contributed by atoms with Gasteiger partial charge in [0, 0.05) is 24.5 Å². The van der Waals surface area contributed by atoms with Gasteiger partial charge in [-0.05, 0) is 51.1 Å². The number of hydrogen-bond acceptors (Lipinski definition) is 3. The molecule has 0 fully saturated rings. The first-order valence-corrected chi connectivity index (χ1v) is 6.88. The fraction of sp³-hybridized carbons (Fsp3) is 0.312. The average molecular weight is 301 g/mol. The molecule has 22 heavy (non-hydrogen) atoms. The van der Waals surface area contributed by atoms with Crippen molar-refractivity contribution in [3.63, 3.8) is 0 Å². The van der Waals surface area contributed by atoms with E-state index in [2.05, 4.69) is 5.10 Å². The monoisotopic (exact) mass is 301 g/mol. The lowest BCUT2D eigenvalue weighted by Crippen LogP contribution is -2.50. The summed E-state index contributed by atoms with van der Waals surface area (Å²) in [4.78, 5) is 24.9. The van der Waals surface area contributed by atoms with Crippen molar-refractivity contribution in [1.29, 1.82) is 0 Å². The highest BCUT2D eigenvalue weighted by molar-refractivity contribution is 5.97. The van der Waals surface area contributed by atoms with Crippen LogP contribution >= 0.6 is 0 Å². The second-order valence-corrected chi connectivity index (χ2v) is 5.66. The molecule has 1 heterocycles. The van der Waals surface area contributed by atoms with Crippen molar-refractivity contribution in [1.82, 2.24) is 14.7 Å². The van der Waals surface area contributed by atoms with Crippen molar-refractivity contribution in [2.45, 2.75) is 26.3 Å². The Labute approximate surface area is 129 Å². The second kappa shape index (κ2) is 5.63. The number of carboxylic acids is 1. The van der Waals surface area contributed by atoms with Crippen molar-refractivity contribution >= 4 is 11.9 Å². The molecule has 0 saturated carbocycles. The van der Waals surface area contributed by atoms with Crippen LogP contribution in [0.25, 0.3) is 5.69 Å². The number of carbonyl (C=O) groups is 2. The van der Waals surface area contributed by atoms with Crippen LogP contribution in [0.2, 0.25) is 0 Å². The van der Waals surface area contributed by atoms with E-state index in [1.54, 1.807) is 35.1 Å². The molecular formula is C16H19N3O3. The number of carbonyl (C=O) groups excluding carboxylic acids is 1. The summed E-state index contributed by atoms with van der Waals surface area (Å²) < 4.78 is 1.76. The van der Waals surface area contributed by atoms with Gasteiger partial charge >= 0.3 is 5.97 Å². The zero-order valence-electron chi connectivity index (χ0n) is 13.1. The molecule has 0 aliphatic rings. The molecule has 2 aromatic rings. The van der Waals surface area contributed by atoms with Crippen LogP contribution in [0.15, 0.2) is 36.5 Å². The Kier molecular flexibility index (Phi) is 4.03. The predicted molar refractivity (Wildman–Crippen MR) is 82.1 cm³/mol. The Morgan fingerprint density at radius 2 is 1.77 bits per heavy atom. The van der Waals surface area contributed by atoms with Gasteiger partial charge in [-0.2, -0.15) is 5.10 Å². The topological polar surface area (TPSA) is 75.4 Å². The van der Waals surface area contributed by atoms with Gasteiger partial charge < -0.3 is 10.0 Å². The van der Waals surface area contributed by atoms with E-state index in [0.717, 1.165) is 11.4 Å². The van der Waals surface area contributed by atoms with Crippen LogP contribution in [-0.4, -0.2) is 44.3 Å². The van der Waals surface area contributed by atoms with Crippen molar-refractivity contribution in [3.05, 3.63) is 47.8 Å². The summed E-state index contributed by atoms with van der Waals surface area (Å²) >= 11 is 0. The Hall–Kier alpha value is -2.63. The summed E-state index contributed by atoms with van der Waals surface area (Å²) in [5.41, 5.74) is 1.00. The first kappa shape index (κ1) is 15.8. The minimum absolute atomic E-state index is 0.337. The molecule has 2 rings (SSSR count). The third kappa shape index (κ3) is 2.72. The summed E-state index contributed by atoms with van der Waals surface area (Å²) in [6.07, 6.45) is 1.71. The smallest absolute Gasteiger partial charge is 0.329 e. The van der Waals surface area contributed by atoms with E-state index in [4.69, 9.17) is 0 Å². The lowest BCUT2D eigenvalue weighted by Gasteiger charge is -2.31. The van der Waals surface area contributed by atoms with Crippen LogP contribution in [0.3, 0.4) is 0 Å². The van der Waals surface area contributed by atoms with Crippen molar-refractivity contribution < 1.29 is 14.7 Å². The van der Waals surface area contributed by atoms with Gasteiger partial charge in [-0.25, -0.2) is 9.48 Å². The number of rotatable bonds is 4. The van der Waals surface area contributed by atoms with Gasteiger partial charge in [-0.1, -0.05) is 0 Å². The van der Waals surface area contributed by atoms with Crippen molar-refractivity contribution in [3.8, 4) is 5.69 Å². The molecule has 1 aromatic carbocycles. The largest absolute Gasteiger partial charge is 0.480 e. The molecule has 0 saturated heterocycles. The van der Waals surface area contributed by atoms with Crippen LogP contribution in [0, 0.1) is 6.92 Å². The van der Waals surface area contributed by atoms with E-state index in [0.29, 0.717) is 5.56 Å². The van der Waals surface area contributed by atoms with Gasteiger partial charge in [0.1, 0.15) is 5.54 Å². The van der Waals surface area contributed by atoms with Crippen molar-refractivity contribution in [2.24, 2.45) is 0 Å². The van der Waals surface area contributed by atoms with Crippen LogP contribution in [0.5, 0.6) is 0 Å². The number of likely N-dealkylation sites (N-methyl/N-ethyl adjacent to an activating group) is 1. The number of aryl methyl sites for hydroxylation is 1. The summed E-state index contributed by atoms with van der Waals surface area (Å²) in [7, 11) is 1.49. The fourth-order valence-electron chi connectivity index (χ4n) is 1.98. The summed E-state index contributed by atoms with van der Waals surface area (Å²) in [5.74, 6) is -1.39. The SMILES string of the molecule is Cc1ccnn1-c1ccc(C(=O)N(C)C(C)(C)C(=O)O)cc1. The van der Waals surface area contributed by atoms with Crippen molar-refractivity contribution in [2.75, 3.05) is 7.05 Å². The molecule has 0 radical (unpaired) electrons. The standard InChI is InChI=1S/C16H19N3O3/c1-11-9-10-17-19(11)13-7-5-12(6-8-13)14(20)18(4)16(2,3)15(21)22/h5-10H,1-4H3,(H,21,22). The zero-order valence-corrected chi connectivity index (χ0v) is 13.1. The van der Waals surface area contributed by atoms with E-state index in [9.17, 15) is 14.7 Å². The van der Waals surface area contributed by atoms with Crippen LogP contribution < -0.4 is 0 Å². The Balaban J connectivity index is 2.26. The average Bonchev–Trinajstić information content (AvgIpc) is 2.91. The lowest BCUT2D eigenvalue weighted by atomic mass is 10.0. The number of benzene rings is 1. The maximum Gasteiger partial charge on any atom is 0.329 e. The minimum Gasteiger partial charge on any atom is -0.480 e. The van der Waals surface area contributed by atoms with E-state index in [1.165, 1.54) is 25.8 Å². The number of aromatic nitrogens is 2. The van der Waals surface area contributed by atoms with E-state index in [-0.39, 0.29) is 5.91 Å². The molecule has 116 valence electrons. The molecular weight excluding hydrogens is 282 g/mol. The molecule has 0 aliphatic heterocycles. The molecule has 1 amide bonds. The van der Waals surface area contributed by atoms with Gasteiger partial charge in [0.2, 0.25) is 0 Å². The number of amides is 1. The number of hydrogen-bond donors (Lipinski definition) is 1. The third-order valence-electron chi connectivity index (χ3n) is 3.86. The molecule has 6 heteroatoms. The van der Waals surface area contributed by atoms with E-state index >= 15 is 0 Å². The predicted octanol–water partition coefficient (Wildman–Crippen LogP) is 2.12. The highest BCUT2D eigenvalue weighted by Gasteiger charge is 2.35. The molecule has 0 spiro atoms. The van der Waals surface area contributed by atoms with E-state index < -0.39 is 11.5 Å². The first-order valence-electron chi connectivity index (χ1n) is 6.88. The highest BCUT2D eigenvalue weighted by atomic mass is 16.4. The van der Waals surface area contributed by atoms with Crippen LogP contribution in [0.4, 0.5) is 0 Å². The van der Waals surface area contributed by atoms with Crippen LogP contribution in [-0.2, 0) is 4.79 Å². The quantitative estimate of drug-likeness (QED) is 0.938. The Bertz CT molecular complexity index is 702. The maximum atomic E-state index is 12.4. The second-order valence-electron chi connectivity index (χ2n) is 5.66. The molecule has 0 aliphatic carbocycles. The van der Waals surface area contributed by atoms with Gasteiger partial charge in [0.05, 0.1) is 5.69 Å². The van der Waals surface area contributed by atoms with Crippen LogP contribution in [0.1, 0.15) is 29.9 Å². The number of nitrogens with zero attached hydrogens (tertiary/aromatic N) is 3. The van der Waals surface area contributed by atoms with E-state index in [1.807, 2.05) is 13.0 Å². The van der Waals surface area contributed by atoms with Gasteiger partial charge in [-0.3, -0.25) is 4.79 Å². The molecule has 1 N–H and O–H groups in total. The zero-order chi connectivity index (χ0) is 16.5. The minimum atomic E-state index is -1.27. The number of carboxylic acid groups (broad SMARTS) is 1. The third-order valence-corrected chi connectivity index (χ3v) is 3.86. The molecule has 0 unspecified atom stereocenters. The Morgan fingerprint density at radius 1 is 1.18 bits per heavy atom. The Morgan fingerprint density at radius 3 is 2.23 bits per heavy atom. The molecule has 1 aromatic heterocycles. The maximum absolute atomic E-state index is 12.4. The first-order chi connectivity index (χ1) is 10.2. The molecule has 0 atom stereocenters. The normalized spacial score (nSPS) is 11.3.